The summed E-state index contributed by atoms with van der Waals surface area (Å²) in [6.07, 6.45) is 4.09. The summed E-state index contributed by atoms with van der Waals surface area (Å²) >= 11 is 5.24. The molecule has 0 amide bonds. The molecule has 20 heavy (non-hydrogen) atoms. The van der Waals surface area contributed by atoms with Crippen LogP contribution in [0.15, 0.2) is 49.3 Å². The van der Waals surface area contributed by atoms with Gasteiger partial charge in [-0.25, -0.2) is 4.79 Å². The Kier molecular flexibility index (Phi) is 4.28. The lowest BCUT2D eigenvalue weighted by Crippen LogP contribution is -2.16. The summed E-state index contributed by atoms with van der Waals surface area (Å²) in [6.45, 7) is 0. The summed E-state index contributed by atoms with van der Waals surface area (Å²) in [4.78, 5) is 24.2. The molecule has 0 saturated carbocycles. The second kappa shape index (κ2) is 6.15. The molecular formula is C13H10O4S3. The smallest absolute Gasteiger partial charge is 0.343 e. The van der Waals surface area contributed by atoms with Gasteiger partial charge in [0, 0.05) is 10.2 Å². The van der Waals surface area contributed by atoms with Gasteiger partial charge in [0.05, 0.1) is 33.8 Å². The van der Waals surface area contributed by atoms with E-state index in [-0.39, 0.29) is 21.1 Å². The van der Waals surface area contributed by atoms with Gasteiger partial charge in [-0.3, -0.25) is 4.79 Å². The molecule has 0 aromatic carbocycles. The van der Waals surface area contributed by atoms with Crippen molar-refractivity contribution < 1.29 is 8.83 Å². The van der Waals surface area contributed by atoms with Crippen LogP contribution in [0.3, 0.4) is 0 Å². The Balaban J connectivity index is 2.08. The van der Waals surface area contributed by atoms with Gasteiger partial charge in [0.15, 0.2) is 5.43 Å². The van der Waals surface area contributed by atoms with E-state index in [0.29, 0.717) is 5.56 Å². The zero-order valence-corrected chi connectivity index (χ0v) is 12.7. The molecule has 7 heteroatoms. The first-order valence-corrected chi connectivity index (χ1v) is 9.02. The fourth-order valence-corrected chi connectivity index (χ4v) is 6.55. The Morgan fingerprint density at radius 1 is 1.10 bits per heavy atom. The van der Waals surface area contributed by atoms with E-state index in [1.165, 1.54) is 18.8 Å². The highest BCUT2D eigenvalue weighted by molar-refractivity contribution is 8.32. The largest absolute Gasteiger partial charge is 0.471 e. The normalized spacial score (nSPS) is 16.2. The molecule has 2 aromatic heterocycles. The van der Waals surface area contributed by atoms with Gasteiger partial charge in [0.1, 0.15) is 6.26 Å². The van der Waals surface area contributed by atoms with Crippen LogP contribution in [-0.4, -0.2) is 10.2 Å². The predicted molar refractivity (Wildman–Crippen MR) is 84.2 cm³/mol. The quantitative estimate of drug-likeness (QED) is 0.838. The highest BCUT2D eigenvalue weighted by Gasteiger charge is 2.22. The van der Waals surface area contributed by atoms with Crippen LogP contribution in [0.2, 0.25) is 0 Å². The van der Waals surface area contributed by atoms with E-state index in [1.807, 2.05) is 11.8 Å². The molecule has 4 nitrogen and oxygen atoms in total. The van der Waals surface area contributed by atoms with Gasteiger partial charge in [-0.2, -0.15) is 0 Å². The van der Waals surface area contributed by atoms with E-state index in [2.05, 4.69) is 0 Å². The fourth-order valence-electron chi connectivity index (χ4n) is 1.84. The van der Waals surface area contributed by atoms with Crippen LogP contribution in [0, 0.1) is 0 Å². The second-order valence-electron chi connectivity index (χ2n) is 3.99. The Morgan fingerprint density at radius 2 is 1.90 bits per heavy atom. The highest BCUT2D eigenvalue weighted by atomic mass is 32.3. The van der Waals surface area contributed by atoms with Gasteiger partial charge in [-0.15, -0.1) is 35.3 Å². The van der Waals surface area contributed by atoms with Gasteiger partial charge in [-0.1, -0.05) is 0 Å². The molecule has 1 saturated heterocycles. The topological polar surface area (TPSA) is 60.4 Å². The van der Waals surface area contributed by atoms with Crippen molar-refractivity contribution >= 4 is 35.3 Å². The zero-order valence-electron chi connectivity index (χ0n) is 10.2. The number of hydrogen-bond donors (Lipinski definition) is 0. The molecule has 3 heterocycles. The molecule has 0 aliphatic carbocycles. The minimum atomic E-state index is -0.531. The van der Waals surface area contributed by atoms with Gasteiger partial charge >= 0.3 is 5.63 Å². The third-order valence-corrected chi connectivity index (χ3v) is 7.13. The van der Waals surface area contributed by atoms with Crippen molar-refractivity contribution in [2.75, 3.05) is 10.2 Å². The van der Waals surface area contributed by atoms with Crippen molar-refractivity contribution in [2.45, 2.75) is 4.58 Å². The van der Waals surface area contributed by atoms with E-state index in [1.54, 1.807) is 35.7 Å². The summed E-state index contributed by atoms with van der Waals surface area (Å²) in [5.41, 5.74) is 0.406. The molecule has 3 rings (SSSR count). The molecule has 0 bridgehead atoms. The van der Waals surface area contributed by atoms with E-state index in [4.69, 9.17) is 8.83 Å². The Bertz CT molecular complexity index is 716. The molecule has 0 radical (unpaired) electrons. The lowest BCUT2D eigenvalue weighted by atomic mass is 10.1. The van der Waals surface area contributed by atoms with E-state index >= 15 is 0 Å². The van der Waals surface area contributed by atoms with E-state index in [9.17, 15) is 9.59 Å². The van der Waals surface area contributed by atoms with Crippen LogP contribution >= 0.6 is 35.3 Å². The maximum Gasteiger partial charge on any atom is 0.343 e. The average molecular weight is 326 g/mol. The average Bonchev–Trinajstić information content (AvgIpc) is 2.49. The zero-order chi connectivity index (χ0) is 13.9. The Morgan fingerprint density at radius 3 is 2.65 bits per heavy atom. The van der Waals surface area contributed by atoms with Crippen molar-refractivity contribution in [3.8, 4) is 11.1 Å². The van der Waals surface area contributed by atoms with Crippen molar-refractivity contribution in [2.24, 2.45) is 0 Å². The third kappa shape index (κ3) is 2.70. The van der Waals surface area contributed by atoms with Crippen LogP contribution in [0.4, 0.5) is 0 Å². The monoisotopic (exact) mass is 326 g/mol. The molecular weight excluding hydrogens is 316 g/mol. The Labute approximate surface area is 127 Å². The molecule has 0 atom stereocenters. The molecule has 104 valence electrons. The van der Waals surface area contributed by atoms with Crippen LogP contribution < -0.4 is 11.1 Å². The van der Waals surface area contributed by atoms with Crippen molar-refractivity contribution in [1.82, 2.24) is 0 Å². The SMILES string of the molecule is O=c1occcc1-c1cocc(C2SCSCS2)c1=O. The molecule has 0 unspecified atom stereocenters. The first-order valence-electron chi connectivity index (χ1n) is 5.77. The predicted octanol–water partition coefficient (Wildman–Crippen LogP) is 3.39. The van der Waals surface area contributed by atoms with Crippen LogP contribution in [0.25, 0.3) is 11.1 Å². The van der Waals surface area contributed by atoms with Crippen LogP contribution in [0.1, 0.15) is 10.1 Å². The third-order valence-electron chi connectivity index (χ3n) is 2.77. The summed E-state index contributed by atoms with van der Waals surface area (Å²) < 4.78 is 10.1. The Hall–Kier alpha value is -1.05. The van der Waals surface area contributed by atoms with Crippen LogP contribution in [0.5, 0.6) is 0 Å². The molecule has 1 aliphatic rings. The van der Waals surface area contributed by atoms with Crippen molar-refractivity contribution in [1.29, 1.82) is 0 Å². The molecule has 1 aliphatic heterocycles. The van der Waals surface area contributed by atoms with Gasteiger partial charge < -0.3 is 8.83 Å². The first kappa shape index (κ1) is 13.9. The maximum atomic E-state index is 12.5. The first-order chi connectivity index (χ1) is 9.77. The van der Waals surface area contributed by atoms with Gasteiger partial charge in [0.2, 0.25) is 0 Å². The number of thioether (sulfide) groups is 3. The molecule has 2 aromatic rings. The summed E-state index contributed by atoms with van der Waals surface area (Å²) in [5.74, 6) is 0. The minimum Gasteiger partial charge on any atom is -0.471 e. The van der Waals surface area contributed by atoms with Crippen molar-refractivity contribution in [3.05, 3.63) is 57.1 Å². The molecule has 0 N–H and O–H groups in total. The molecule has 0 spiro atoms. The lowest BCUT2D eigenvalue weighted by molar-refractivity contribution is 0.511. The minimum absolute atomic E-state index is 0.0585. The summed E-state index contributed by atoms with van der Waals surface area (Å²) in [6, 6.07) is 3.16. The summed E-state index contributed by atoms with van der Waals surface area (Å²) in [7, 11) is 0. The number of rotatable bonds is 2. The van der Waals surface area contributed by atoms with Crippen LogP contribution in [-0.2, 0) is 0 Å². The number of hydrogen-bond acceptors (Lipinski definition) is 7. The van der Waals surface area contributed by atoms with Gasteiger partial charge in [0.25, 0.3) is 0 Å². The fraction of sp³-hybridized carbons (Fsp3) is 0.231. The maximum absolute atomic E-state index is 12.5. The van der Waals surface area contributed by atoms with E-state index in [0.717, 1.165) is 10.2 Å². The lowest BCUT2D eigenvalue weighted by Gasteiger charge is -2.19. The van der Waals surface area contributed by atoms with E-state index < -0.39 is 5.63 Å². The van der Waals surface area contributed by atoms with Crippen molar-refractivity contribution in [3.63, 3.8) is 0 Å². The summed E-state index contributed by atoms with van der Waals surface area (Å²) in [5, 5.41) is 1.91. The molecule has 1 fully saturated rings. The highest BCUT2D eigenvalue weighted by Crippen LogP contribution is 2.46. The standard InChI is InChI=1S/C13H10O4S3/c14-11-9(8-2-1-3-17-12(8)15)4-16-5-10(11)13-19-6-18-7-20-13/h1-5,13H,6-7H2. The van der Waals surface area contributed by atoms with Gasteiger partial charge in [-0.05, 0) is 12.1 Å². The second-order valence-corrected chi connectivity index (χ2v) is 8.19.